The summed E-state index contributed by atoms with van der Waals surface area (Å²) in [6, 6.07) is 0.841. The molecule has 0 aromatic rings. The summed E-state index contributed by atoms with van der Waals surface area (Å²) < 4.78 is 0. The number of likely N-dealkylation sites (N-methyl/N-ethyl adjacent to an activating group) is 1. The summed E-state index contributed by atoms with van der Waals surface area (Å²) in [5.74, 6) is 0.259. The average Bonchev–Trinajstić information content (AvgIpc) is 2.85. The van der Waals surface area contributed by atoms with Gasteiger partial charge in [0.15, 0.2) is 0 Å². The van der Waals surface area contributed by atoms with E-state index in [9.17, 15) is 9.90 Å². The second-order valence-electron chi connectivity index (χ2n) is 6.65. The van der Waals surface area contributed by atoms with Crippen LogP contribution >= 0.6 is 0 Å². The number of carbonyl (C=O) groups excluding carboxylic acids is 1. The van der Waals surface area contributed by atoms with Crippen molar-refractivity contribution in [2.75, 3.05) is 20.1 Å². The Labute approximate surface area is 123 Å². The zero-order valence-corrected chi connectivity index (χ0v) is 13.1. The van der Waals surface area contributed by atoms with Gasteiger partial charge in [0.25, 0.3) is 0 Å². The lowest BCUT2D eigenvalue weighted by Gasteiger charge is -2.33. The Morgan fingerprint density at radius 2 is 1.95 bits per heavy atom. The smallest absolute Gasteiger partial charge is 0.236 e. The molecule has 0 aromatic heterocycles. The van der Waals surface area contributed by atoms with Gasteiger partial charge in [-0.25, -0.2) is 0 Å². The van der Waals surface area contributed by atoms with Crippen LogP contribution < -0.4 is 0 Å². The van der Waals surface area contributed by atoms with Gasteiger partial charge in [-0.1, -0.05) is 19.3 Å². The summed E-state index contributed by atoms with van der Waals surface area (Å²) in [4.78, 5) is 16.7. The van der Waals surface area contributed by atoms with E-state index in [1.54, 1.807) is 0 Å². The molecule has 0 radical (unpaired) electrons. The van der Waals surface area contributed by atoms with Gasteiger partial charge in [0.05, 0.1) is 12.6 Å². The van der Waals surface area contributed by atoms with Gasteiger partial charge in [-0.15, -0.1) is 0 Å². The molecule has 116 valence electrons. The maximum Gasteiger partial charge on any atom is 0.236 e. The largest absolute Gasteiger partial charge is 0.393 e. The lowest BCUT2D eigenvalue weighted by atomic mass is 9.94. The minimum Gasteiger partial charge on any atom is -0.393 e. The molecule has 1 aliphatic carbocycles. The molecule has 1 heterocycles. The molecule has 1 aliphatic heterocycles. The highest BCUT2D eigenvalue weighted by Crippen LogP contribution is 2.24. The number of aliphatic hydroxyl groups is 1. The number of rotatable bonds is 5. The van der Waals surface area contributed by atoms with Crippen molar-refractivity contribution < 1.29 is 9.90 Å². The third-order valence-corrected chi connectivity index (χ3v) is 4.97. The SMILES string of the molecule is CC(O)CC1CCCN1CC(=O)N(C)C1CCCCC1. The van der Waals surface area contributed by atoms with E-state index in [2.05, 4.69) is 4.90 Å². The van der Waals surface area contributed by atoms with E-state index in [1.165, 1.54) is 32.1 Å². The predicted octanol–water partition coefficient (Wildman–Crippen LogP) is 2.01. The molecule has 2 atom stereocenters. The first-order chi connectivity index (χ1) is 9.58. The Morgan fingerprint density at radius 3 is 2.60 bits per heavy atom. The van der Waals surface area contributed by atoms with Crippen LogP contribution in [-0.4, -0.2) is 59.1 Å². The summed E-state index contributed by atoms with van der Waals surface area (Å²) in [5, 5.41) is 9.56. The summed E-state index contributed by atoms with van der Waals surface area (Å²) in [7, 11) is 1.97. The Morgan fingerprint density at radius 1 is 1.25 bits per heavy atom. The van der Waals surface area contributed by atoms with E-state index in [-0.39, 0.29) is 12.0 Å². The number of amides is 1. The van der Waals surface area contributed by atoms with Crippen LogP contribution in [0.5, 0.6) is 0 Å². The fraction of sp³-hybridized carbons (Fsp3) is 0.938. The van der Waals surface area contributed by atoms with Gasteiger partial charge in [0, 0.05) is 19.1 Å². The van der Waals surface area contributed by atoms with Crippen LogP contribution in [0.2, 0.25) is 0 Å². The monoisotopic (exact) mass is 282 g/mol. The number of nitrogens with zero attached hydrogens (tertiary/aromatic N) is 2. The van der Waals surface area contributed by atoms with Crippen LogP contribution in [0, 0.1) is 0 Å². The van der Waals surface area contributed by atoms with Crippen LogP contribution in [0.1, 0.15) is 58.3 Å². The van der Waals surface area contributed by atoms with E-state index < -0.39 is 0 Å². The Bertz CT molecular complexity index is 314. The van der Waals surface area contributed by atoms with Crippen molar-refractivity contribution in [3.63, 3.8) is 0 Å². The van der Waals surface area contributed by atoms with Gasteiger partial charge in [0.1, 0.15) is 0 Å². The summed E-state index contributed by atoms with van der Waals surface area (Å²) in [6.45, 7) is 3.37. The first kappa shape index (κ1) is 15.8. The summed E-state index contributed by atoms with van der Waals surface area (Å²) in [6.07, 6.45) is 8.96. The van der Waals surface area contributed by atoms with Crippen molar-refractivity contribution in [1.82, 2.24) is 9.80 Å². The van der Waals surface area contributed by atoms with E-state index in [0.717, 1.165) is 25.8 Å². The van der Waals surface area contributed by atoms with Gasteiger partial charge in [-0.05, 0) is 45.6 Å². The maximum absolute atomic E-state index is 12.5. The molecule has 20 heavy (non-hydrogen) atoms. The molecule has 4 nitrogen and oxygen atoms in total. The fourth-order valence-corrected chi connectivity index (χ4v) is 3.72. The van der Waals surface area contributed by atoms with Crippen LogP contribution in [0.15, 0.2) is 0 Å². The van der Waals surface area contributed by atoms with E-state index in [1.807, 2.05) is 18.9 Å². The topological polar surface area (TPSA) is 43.8 Å². The molecule has 2 rings (SSSR count). The highest BCUT2D eigenvalue weighted by molar-refractivity contribution is 5.78. The molecule has 4 heteroatoms. The van der Waals surface area contributed by atoms with Gasteiger partial charge < -0.3 is 10.0 Å². The molecule has 0 aromatic carbocycles. The molecule has 1 saturated carbocycles. The lowest BCUT2D eigenvalue weighted by Crippen LogP contribution is -2.45. The molecule has 2 aliphatic rings. The number of likely N-dealkylation sites (tertiary alicyclic amines) is 1. The molecule has 2 fully saturated rings. The molecular weight excluding hydrogens is 252 g/mol. The number of hydrogen-bond acceptors (Lipinski definition) is 3. The second-order valence-corrected chi connectivity index (χ2v) is 6.65. The van der Waals surface area contributed by atoms with Crippen LogP contribution in [0.25, 0.3) is 0 Å². The highest BCUT2D eigenvalue weighted by Gasteiger charge is 2.29. The zero-order chi connectivity index (χ0) is 14.5. The van der Waals surface area contributed by atoms with Crippen LogP contribution in [0.4, 0.5) is 0 Å². The maximum atomic E-state index is 12.5. The second kappa shape index (κ2) is 7.41. The molecule has 1 amide bonds. The van der Waals surface area contributed by atoms with E-state index >= 15 is 0 Å². The van der Waals surface area contributed by atoms with Crippen LogP contribution in [0.3, 0.4) is 0 Å². The Kier molecular flexibility index (Phi) is 5.85. The lowest BCUT2D eigenvalue weighted by molar-refractivity contribution is -0.134. The first-order valence-electron chi connectivity index (χ1n) is 8.25. The molecule has 2 unspecified atom stereocenters. The Hall–Kier alpha value is -0.610. The third kappa shape index (κ3) is 4.19. The third-order valence-electron chi connectivity index (χ3n) is 4.97. The fourth-order valence-electron chi connectivity index (χ4n) is 3.72. The van der Waals surface area contributed by atoms with Gasteiger partial charge in [-0.3, -0.25) is 9.69 Å². The van der Waals surface area contributed by atoms with Crippen molar-refractivity contribution in [1.29, 1.82) is 0 Å². The molecule has 0 bridgehead atoms. The van der Waals surface area contributed by atoms with E-state index in [4.69, 9.17) is 0 Å². The minimum atomic E-state index is -0.272. The van der Waals surface area contributed by atoms with Gasteiger partial charge >= 0.3 is 0 Å². The molecule has 0 spiro atoms. The number of aliphatic hydroxyl groups excluding tert-OH is 1. The standard InChI is InChI=1S/C16H30N2O2/c1-13(19)11-15-9-6-10-18(15)12-16(20)17(2)14-7-4-3-5-8-14/h13-15,19H,3-12H2,1-2H3. The minimum absolute atomic E-state index is 0.259. The van der Waals surface area contributed by atoms with Crippen molar-refractivity contribution in [2.24, 2.45) is 0 Å². The summed E-state index contributed by atoms with van der Waals surface area (Å²) >= 11 is 0. The average molecular weight is 282 g/mol. The van der Waals surface area contributed by atoms with Crippen molar-refractivity contribution >= 4 is 5.91 Å². The Balaban J connectivity index is 1.83. The number of hydrogen-bond donors (Lipinski definition) is 1. The van der Waals surface area contributed by atoms with Gasteiger partial charge in [0.2, 0.25) is 5.91 Å². The van der Waals surface area contributed by atoms with Crippen molar-refractivity contribution in [2.45, 2.75) is 76.5 Å². The summed E-state index contributed by atoms with van der Waals surface area (Å²) in [5.41, 5.74) is 0. The van der Waals surface area contributed by atoms with E-state index in [0.29, 0.717) is 18.6 Å². The van der Waals surface area contributed by atoms with Gasteiger partial charge in [-0.2, -0.15) is 0 Å². The van der Waals surface area contributed by atoms with Crippen molar-refractivity contribution in [3.8, 4) is 0 Å². The quantitative estimate of drug-likeness (QED) is 0.839. The normalized spacial score (nSPS) is 26.6. The van der Waals surface area contributed by atoms with Crippen LogP contribution in [-0.2, 0) is 4.79 Å². The number of carbonyl (C=O) groups is 1. The highest BCUT2D eigenvalue weighted by atomic mass is 16.3. The molecule has 1 saturated heterocycles. The van der Waals surface area contributed by atoms with Crippen molar-refractivity contribution in [3.05, 3.63) is 0 Å². The first-order valence-corrected chi connectivity index (χ1v) is 8.25. The molecular formula is C16H30N2O2. The zero-order valence-electron chi connectivity index (χ0n) is 13.1. The predicted molar refractivity (Wildman–Crippen MR) is 80.5 cm³/mol. The molecule has 1 N–H and O–H groups in total.